The first-order valence-electron chi connectivity index (χ1n) is 3.01. The van der Waals surface area contributed by atoms with Gasteiger partial charge in [0.25, 0.3) is 0 Å². The van der Waals surface area contributed by atoms with Gasteiger partial charge in [0.1, 0.15) is 6.04 Å². The Bertz CT molecular complexity index is 130. The summed E-state index contributed by atoms with van der Waals surface area (Å²) in [5, 5.41) is 8.34. The third-order valence-corrected chi connectivity index (χ3v) is 1.45. The lowest BCUT2D eigenvalue weighted by molar-refractivity contribution is 0.185. The van der Waals surface area contributed by atoms with Crippen molar-refractivity contribution in [2.24, 2.45) is 0 Å². The first-order valence-corrected chi connectivity index (χ1v) is 3.01. The Labute approximate surface area is 54.8 Å². The minimum atomic E-state index is 0.181. The van der Waals surface area contributed by atoms with Gasteiger partial charge in [-0.3, -0.25) is 4.90 Å². The van der Waals surface area contributed by atoms with E-state index in [0.29, 0.717) is 0 Å². The van der Waals surface area contributed by atoms with Gasteiger partial charge in [0.05, 0.1) is 12.7 Å². The molecule has 0 N–H and O–H groups in total. The molecule has 1 fully saturated rings. The normalized spacial score (nSPS) is 31.6. The summed E-state index contributed by atoms with van der Waals surface area (Å²) in [5.74, 6) is 0. The lowest BCUT2D eigenvalue weighted by Gasteiger charge is -1.96. The van der Waals surface area contributed by atoms with Crippen LogP contribution in [0.1, 0.15) is 0 Å². The number of nitrogens with zero attached hydrogens (tertiary/aromatic N) is 2. The van der Waals surface area contributed by atoms with Gasteiger partial charge >= 0.3 is 0 Å². The highest BCUT2D eigenvalue weighted by atomic mass is 16.5. The van der Waals surface area contributed by atoms with Crippen molar-refractivity contribution in [3.63, 3.8) is 0 Å². The maximum atomic E-state index is 8.34. The van der Waals surface area contributed by atoms with Crippen molar-refractivity contribution in [3.8, 4) is 6.07 Å². The van der Waals surface area contributed by atoms with Gasteiger partial charge in [-0.05, 0) is 0 Å². The second-order valence-electron chi connectivity index (χ2n) is 2.13. The van der Waals surface area contributed by atoms with Crippen LogP contribution in [0, 0.1) is 11.3 Å². The summed E-state index contributed by atoms with van der Waals surface area (Å²) in [7, 11) is 1.67. The highest BCUT2D eigenvalue weighted by Gasteiger charge is 2.32. The number of ether oxygens (including phenoxy) is 1. The van der Waals surface area contributed by atoms with E-state index in [0.717, 1.165) is 19.7 Å². The lowest BCUT2D eigenvalue weighted by atomic mass is 10.5. The maximum Gasteiger partial charge on any atom is 0.111 e. The quantitative estimate of drug-likeness (QED) is 0.493. The Kier molecular flexibility index (Phi) is 2.04. The molecule has 0 saturated carbocycles. The molecule has 0 bridgehead atoms. The Hall–Kier alpha value is -0.590. The van der Waals surface area contributed by atoms with E-state index in [1.807, 2.05) is 0 Å². The van der Waals surface area contributed by atoms with Gasteiger partial charge in [-0.15, -0.1) is 0 Å². The fraction of sp³-hybridized carbons (Fsp3) is 0.833. The van der Waals surface area contributed by atoms with Crippen molar-refractivity contribution in [1.29, 1.82) is 5.26 Å². The number of methoxy groups -OCH3 is 1. The van der Waals surface area contributed by atoms with Crippen LogP contribution in [0.3, 0.4) is 0 Å². The summed E-state index contributed by atoms with van der Waals surface area (Å²) in [5.41, 5.74) is 0. The van der Waals surface area contributed by atoms with Gasteiger partial charge in [0, 0.05) is 20.2 Å². The number of nitriles is 1. The molecule has 0 aliphatic carbocycles. The van der Waals surface area contributed by atoms with Crippen molar-refractivity contribution in [1.82, 2.24) is 4.90 Å². The first kappa shape index (κ1) is 6.53. The summed E-state index contributed by atoms with van der Waals surface area (Å²) in [6.07, 6.45) is 0. The molecule has 0 aromatic carbocycles. The third-order valence-electron chi connectivity index (χ3n) is 1.45. The lowest BCUT2D eigenvalue weighted by Crippen LogP contribution is -2.08. The van der Waals surface area contributed by atoms with Crippen LogP contribution in [0.5, 0.6) is 0 Å². The van der Waals surface area contributed by atoms with Crippen molar-refractivity contribution in [3.05, 3.63) is 0 Å². The molecule has 0 radical (unpaired) electrons. The predicted molar refractivity (Wildman–Crippen MR) is 32.8 cm³/mol. The summed E-state index contributed by atoms with van der Waals surface area (Å²) < 4.78 is 4.83. The van der Waals surface area contributed by atoms with E-state index in [1.165, 1.54) is 0 Å². The zero-order valence-corrected chi connectivity index (χ0v) is 5.50. The average Bonchev–Trinajstić information content (AvgIpc) is 2.62. The fourth-order valence-corrected chi connectivity index (χ4v) is 0.753. The van der Waals surface area contributed by atoms with Crippen LogP contribution < -0.4 is 0 Å². The molecule has 1 aliphatic rings. The summed E-state index contributed by atoms with van der Waals surface area (Å²) in [6, 6.07) is 2.35. The molecule has 1 rings (SSSR count). The van der Waals surface area contributed by atoms with Crippen LogP contribution in [0.25, 0.3) is 0 Å². The molecule has 0 aromatic rings. The monoisotopic (exact) mass is 126 g/mol. The second kappa shape index (κ2) is 2.81. The van der Waals surface area contributed by atoms with E-state index < -0.39 is 0 Å². The third kappa shape index (κ3) is 1.67. The van der Waals surface area contributed by atoms with Crippen LogP contribution >= 0.6 is 0 Å². The molecule has 1 heterocycles. The molecule has 0 spiro atoms. The topological polar surface area (TPSA) is 36.0 Å². The van der Waals surface area contributed by atoms with Crippen LogP contribution in [-0.4, -0.2) is 37.7 Å². The Morgan fingerprint density at radius 2 is 2.67 bits per heavy atom. The fourth-order valence-electron chi connectivity index (χ4n) is 0.753. The Morgan fingerprint density at radius 3 is 3.11 bits per heavy atom. The van der Waals surface area contributed by atoms with Crippen LogP contribution in [0.2, 0.25) is 0 Å². The first-order chi connectivity index (χ1) is 4.38. The molecule has 0 aromatic heterocycles. The standard InChI is InChI=1S/C6H10N2O/c1-9-3-2-8-5-6(8)4-7/h6H,2-3,5H2,1H3. The molecule has 50 valence electrons. The van der Waals surface area contributed by atoms with E-state index in [9.17, 15) is 0 Å². The number of rotatable bonds is 3. The van der Waals surface area contributed by atoms with Crippen LogP contribution in [0.15, 0.2) is 0 Å². The summed E-state index contributed by atoms with van der Waals surface area (Å²) in [4.78, 5) is 2.07. The molecule has 1 aliphatic heterocycles. The largest absolute Gasteiger partial charge is 0.383 e. The average molecular weight is 126 g/mol. The van der Waals surface area contributed by atoms with Crippen molar-refractivity contribution in [2.45, 2.75) is 6.04 Å². The highest BCUT2D eigenvalue weighted by molar-refractivity contribution is 5.05. The predicted octanol–water partition coefficient (Wildman–Crippen LogP) is -0.159. The van der Waals surface area contributed by atoms with Gasteiger partial charge in [-0.25, -0.2) is 0 Å². The van der Waals surface area contributed by atoms with E-state index in [2.05, 4.69) is 11.0 Å². The molecule has 3 heteroatoms. The second-order valence-corrected chi connectivity index (χ2v) is 2.13. The SMILES string of the molecule is COCCN1CC1C#N. The maximum absolute atomic E-state index is 8.34. The van der Waals surface area contributed by atoms with Crippen molar-refractivity contribution >= 4 is 0 Å². The van der Waals surface area contributed by atoms with Crippen LogP contribution in [0.4, 0.5) is 0 Å². The van der Waals surface area contributed by atoms with Gasteiger partial charge < -0.3 is 4.74 Å². The van der Waals surface area contributed by atoms with Gasteiger partial charge in [0.2, 0.25) is 0 Å². The smallest absolute Gasteiger partial charge is 0.111 e. The zero-order valence-electron chi connectivity index (χ0n) is 5.50. The highest BCUT2D eigenvalue weighted by Crippen LogP contribution is 2.13. The Balaban J connectivity index is 2.00. The summed E-state index contributed by atoms with van der Waals surface area (Å²) in [6.45, 7) is 2.56. The number of hydrogen-bond acceptors (Lipinski definition) is 3. The molecule has 9 heavy (non-hydrogen) atoms. The van der Waals surface area contributed by atoms with Gasteiger partial charge in [-0.2, -0.15) is 5.26 Å². The van der Waals surface area contributed by atoms with Crippen LogP contribution in [-0.2, 0) is 4.74 Å². The van der Waals surface area contributed by atoms with Crippen molar-refractivity contribution in [2.75, 3.05) is 26.8 Å². The minimum absolute atomic E-state index is 0.181. The molecule has 2 unspecified atom stereocenters. The van der Waals surface area contributed by atoms with Gasteiger partial charge in [0.15, 0.2) is 0 Å². The molecule has 3 nitrogen and oxygen atoms in total. The van der Waals surface area contributed by atoms with E-state index in [4.69, 9.17) is 10.00 Å². The van der Waals surface area contributed by atoms with E-state index in [1.54, 1.807) is 7.11 Å². The molecule has 0 amide bonds. The molecule has 2 atom stereocenters. The van der Waals surface area contributed by atoms with E-state index in [-0.39, 0.29) is 6.04 Å². The van der Waals surface area contributed by atoms with Crippen molar-refractivity contribution < 1.29 is 4.74 Å². The molecular weight excluding hydrogens is 116 g/mol. The van der Waals surface area contributed by atoms with E-state index >= 15 is 0 Å². The van der Waals surface area contributed by atoms with Gasteiger partial charge in [-0.1, -0.05) is 0 Å². The minimum Gasteiger partial charge on any atom is -0.383 e. The molecule has 1 saturated heterocycles. The number of hydrogen-bond donors (Lipinski definition) is 0. The zero-order chi connectivity index (χ0) is 6.69. The summed E-state index contributed by atoms with van der Waals surface area (Å²) >= 11 is 0. The Morgan fingerprint density at radius 1 is 1.89 bits per heavy atom. The molecular formula is C6H10N2O.